The predicted octanol–water partition coefficient (Wildman–Crippen LogP) is 0.895. The summed E-state index contributed by atoms with van der Waals surface area (Å²) in [7, 11) is 0. The number of nitrogens with zero attached hydrogens (tertiary/aromatic N) is 1. The molecule has 0 saturated carbocycles. The van der Waals surface area contributed by atoms with Crippen LogP contribution in [0.2, 0.25) is 0 Å². The Balaban J connectivity index is 2.66. The van der Waals surface area contributed by atoms with Gasteiger partial charge in [0.25, 0.3) is 0 Å². The van der Waals surface area contributed by atoms with Crippen molar-refractivity contribution in [3.05, 3.63) is 0 Å². The molecule has 0 radical (unpaired) electrons. The Bertz CT molecular complexity index is 309. The zero-order valence-corrected chi connectivity index (χ0v) is 9.64. The van der Waals surface area contributed by atoms with Crippen LogP contribution < -0.4 is 5.32 Å². The average molecular weight is 273 g/mol. The number of hydrogen-bond donors (Lipinski definition) is 1. The molecule has 1 fully saturated rings. The normalized spacial score (nSPS) is 20.5. The summed E-state index contributed by atoms with van der Waals surface area (Å²) < 4.78 is 36.7. The molecule has 8 heteroatoms. The van der Waals surface area contributed by atoms with E-state index in [2.05, 4.69) is 5.32 Å². The number of nitrogens with one attached hydrogen (secondary N) is 1. The zero-order valence-electron chi connectivity index (χ0n) is 8.89. The minimum Gasteiger partial charge on any atom is -0.353 e. The first-order chi connectivity index (χ1) is 7.88. The molecule has 1 unspecified atom stereocenters. The summed E-state index contributed by atoms with van der Waals surface area (Å²) in [6.07, 6.45) is -4.30. The topological polar surface area (TPSA) is 49.4 Å². The number of rotatable bonds is 3. The predicted molar refractivity (Wildman–Crippen MR) is 54.5 cm³/mol. The van der Waals surface area contributed by atoms with Gasteiger partial charge in [0.2, 0.25) is 5.91 Å². The molecule has 1 saturated heterocycles. The van der Waals surface area contributed by atoms with Gasteiger partial charge < -0.3 is 10.2 Å². The highest BCUT2D eigenvalue weighted by molar-refractivity contribution is 6.18. The minimum absolute atomic E-state index is 0.0443. The van der Waals surface area contributed by atoms with Crippen LogP contribution in [0.25, 0.3) is 0 Å². The number of alkyl halides is 4. The van der Waals surface area contributed by atoms with Crippen molar-refractivity contribution in [2.24, 2.45) is 0 Å². The van der Waals surface area contributed by atoms with Crippen LogP contribution in [-0.2, 0) is 9.59 Å². The van der Waals surface area contributed by atoms with Gasteiger partial charge in [-0.05, 0) is 12.8 Å². The van der Waals surface area contributed by atoms with Crippen molar-refractivity contribution < 1.29 is 22.8 Å². The monoisotopic (exact) mass is 272 g/mol. The minimum atomic E-state index is -4.94. The summed E-state index contributed by atoms with van der Waals surface area (Å²) >= 11 is 5.35. The first-order valence-electron chi connectivity index (χ1n) is 5.09. The molecule has 98 valence electrons. The summed E-state index contributed by atoms with van der Waals surface area (Å²) in [5.41, 5.74) is 0. The van der Waals surface area contributed by atoms with Gasteiger partial charge in [0.15, 0.2) is 0 Å². The van der Waals surface area contributed by atoms with E-state index in [0.717, 1.165) is 0 Å². The standard InChI is InChI=1S/C9H12ClF3N2O2/c10-3-4-14-7(16)6-2-1-5-15(6)8(17)9(11,12)13/h6H,1-5H2,(H,14,16). The summed E-state index contributed by atoms with van der Waals surface area (Å²) in [5.74, 6) is -2.37. The van der Waals surface area contributed by atoms with Gasteiger partial charge in [0.05, 0.1) is 0 Å². The first kappa shape index (κ1) is 14.1. The van der Waals surface area contributed by atoms with Crippen molar-refractivity contribution in [1.29, 1.82) is 0 Å². The van der Waals surface area contributed by atoms with E-state index in [1.165, 1.54) is 0 Å². The molecule has 1 heterocycles. The van der Waals surface area contributed by atoms with Crippen LogP contribution in [0.15, 0.2) is 0 Å². The Kier molecular flexibility index (Phi) is 4.62. The summed E-state index contributed by atoms with van der Waals surface area (Å²) in [6.45, 7) is 0.127. The fourth-order valence-corrected chi connectivity index (χ4v) is 1.83. The largest absolute Gasteiger partial charge is 0.471 e. The van der Waals surface area contributed by atoms with Crippen molar-refractivity contribution in [3.63, 3.8) is 0 Å². The quantitative estimate of drug-likeness (QED) is 0.776. The Labute approximate surface area is 101 Å². The Morgan fingerprint density at radius 2 is 2.06 bits per heavy atom. The van der Waals surface area contributed by atoms with Crippen molar-refractivity contribution in [2.45, 2.75) is 25.1 Å². The lowest BCUT2D eigenvalue weighted by Crippen LogP contribution is -2.50. The molecule has 2 amide bonds. The molecule has 0 bridgehead atoms. The first-order valence-corrected chi connectivity index (χ1v) is 5.63. The Morgan fingerprint density at radius 1 is 1.41 bits per heavy atom. The van der Waals surface area contributed by atoms with Crippen LogP contribution in [0.1, 0.15) is 12.8 Å². The second-order valence-corrected chi connectivity index (χ2v) is 4.01. The smallest absolute Gasteiger partial charge is 0.353 e. The van der Waals surface area contributed by atoms with Crippen molar-refractivity contribution in [3.8, 4) is 0 Å². The van der Waals surface area contributed by atoms with Gasteiger partial charge in [-0.25, -0.2) is 0 Å². The number of amides is 2. The molecule has 0 aromatic heterocycles. The lowest BCUT2D eigenvalue weighted by atomic mass is 10.2. The van der Waals surface area contributed by atoms with Crippen LogP contribution >= 0.6 is 11.6 Å². The summed E-state index contributed by atoms with van der Waals surface area (Å²) in [4.78, 5) is 23.1. The van der Waals surface area contributed by atoms with E-state index >= 15 is 0 Å². The van der Waals surface area contributed by atoms with Gasteiger partial charge >= 0.3 is 12.1 Å². The molecular weight excluding hydrogens is 261 g/mol. The van der Waals surface area contributed by atoms with E-state index in [0.29, 0.717) is 11.3 Å². The fourth-order valence-electron chi connectivity index (χ4n) is 1.73. The Morgan fingerprint density at radius 3 is 2.59 bits per heavy atom. The van der Waals surface area contributed by atoms with Crippen LogP contribution in [0.3, 0.4) is 0 Å². The fraction of sp³-hybridized carbons (Fsp3) is 0.778. The molecule has 0 spiro atoms. The van der Waals surface area contributed by atoms with Crippen LogP contribution in [0.5, 0.6) is 0 Å². The highest BCUT2D eigenvalue weighted by Crippen LogP contribution is 2.25. The lowest BCUT2D eigenvalue weighted by Gasteiger charge is -2.24. The van der Waals surface area contributed by atoms with Gasteiger partial charge in [0, 0.05) is 19.0 Å². The molecule has 0 aromatic carbocycles. The van der Waals surface area contributed by atoms with Gasteiger partial charge in [-0.15, -0.1) is 11.6 Å². The maximum Gasteiger partial charge on any atom is 0.471 e. The van der Waals surface area contributed by atoms with E-state index in [4.69, 9.17) is 11.6 Å². The third-order valence-corrected chi connectivity index (χ3v) is 2.64. The van der Waals surface area contributed by atoms with Crippen LogP contribution in [-0.4, -0.2) is 47.9 Å². The third-order valence-electron chi connectivity index (χ3n) is 2.45. The van der Waals surface area contributed by atoms with Crippen LogP contribution in [0, 0.1) is 0 Å². The number of likely N-dealkylation sites (tertiary alicyclic amines) is 1. The summed E-state index contributed by atoms with van der Waals surface area (Å²) in [6, 6.07) is -1.03. The molecule has 1 atom stereocenters. The zero-order chi connectivity index (χ0) is 13.1. The summed E-state index contributed by atoms with van der Waals surface area (Å²) in [5, 5.41) is 2.38. The molecule has 0 aliphatic carbocycles. The van der Waals surface area contributed by atoms with E-state index in [-0.39, 0.29) is 25.4 Å². The van der Waals surface area contributed by atoms with Gasteiger partial charge in [-0.2, -0.15) is 13.2 Å². The molecule has 1 aliphatic heterocycles. The molecule has 4 nitrogen and oxygen atoms in total. The third kappa shape index (κ3) is 3.49. The lowest BCUT2D eigenvalue weighted by molar-refractivity contribution is -0.186. The second kappa shape index (κ2) is 5.57. The second-order valence-electron chi connectivity index (χ2n) is 3.63. The van der Waals surface area contributed by atoms with Gasteiger partial charge in [-0.1, -0.05) is 0 Å². The van der Waals surface area contributed by atoms with Gasteiger partial charge in [-0.3, -0.25) is 9.59 Å². The molecular formula is C9H12ClF3N2O2. The maximum absolute atomic E-state index is 12.2. The van der Waals surface area contributed by atoms with E-state index in [1.54, 1.807) is 0 Å². The SMILES string of the molecule is O=C(NCCCl)C1CCCN1C(=O)C(F)(F)F. The molecule has 1 rings (SSSR count). The van der Waals surface area contributed by atoms with E-state index in [1.807, 2.05) is 0 Å². The Hall–Kier alpha value is -0.980. The van der Waals surface area contributed by atoms with E-state index < -0.39 is 24.0 Å². The van der Waals surface area contributed by atoms with Gasteiger partial charge in [0.1, 0.15) is 6.04 Å². The molecule has 1 N–H and O–H groups in total. The number of carbonyl (C=O) groups is 2. The van der Waals surface area contributed by atoms with Crippen LogP contribution in [0.4, 0.5) is 13.2 Å². The average Bonchev–Trinajstić information content (AvgIpc) is 2.72. The highest BCUT2D eigenvalue weighted by atomic mass is 35.5. The van der Waals surface area contributed by atoms with Crippen molar-refractivity contribution in [2.75, 3.05) is 19.0 Å². The number of halogens is 4. The number of hydrogen-bond acceptors (Lipinski definition) is 2. The number of carbonyl (C=O) groups excluding carboxylic acids is 2. The van der Waals surface area contributed by atoms with E-state index in [9.17, 15) is 22.8 Å². The molecule has 0 aromatic rings. The maximum atomic E-state index is 12.2. The van der Waals surface area contributed by atoms with Crippen molar-refractivity contribution in [1.82, 2.24) is 10.2 Å². The molecule has 17 heavy (non-hydrogen) atoms. The highest BCUT2D eigenvalue weighted by Gasteiger charge is 2.47. The van der Waals surface area contributed by atoms with Crippen molar-refractivity contribution >= 4 is 23.4 Å². The molecule has 1 aliphatic rings.